The van der Waals surface area contributed by atoms with Crippen molar-refractivity contribution in [1.29, 1.82) is 0 Å². The summed E-state index contributed by atoms with van der Waals surface area (Å²) in [7, 11) is 0. The first-order valence-electron chi connectivity index (χ1n) is 9.61. The molecule has 4 rings (SSSR count). The molecule has 0 bridgehead atoms. The van der Waals surface area contributed by atoms with Gasteiger partial charge in [-0.1, -0.05) is 36.4 Å². The first kappa shape index (κ1) is 17.6. The zero-order chi connectivity index (χ0) is 18.5. The van der Waals surface area contributed by atoms with Gasteiger partial charge in [-0.3, -0.25) is 4.79 Å². The van der Waals surface area contributed by atoms with Crippen LogP contribution in [0.25, 0.3) is 10.9 Å². The second-order valence-electron chi connectivity index (χ2n) is 6.96. The lowest BCUT2D eigenvalue weighted by molar-refractivity contribution is 0.0950. The van der Waals surface area contributed by atoms with Crippen molar-refractivity contribution >= 4 is 16.8 Å². The minimum atomic E-state index is -0.0880. The molecule has 1 aliphatic heterocycles. The molecule has 5 nitrogen and oxygen atoms in total. The van der Waals surface area contributed by atoms with Crippen LogP contribution in [0.3, 0.4) is 0 Å². The van der Waals surface area contributed by atoms with Gasteiger partial charge in [0.1, 0.15) is 17.5 Å². The second-order valence-corrected chi connectivity index (χ2v) is 6.96. The number of amides is 1. The smallest absolute Gasteiger partial charge is 0.267 e. The SMILES string of the molecule is O=C(NCCc1ccccc1)c1cc2c(OC3CCNCC3)cccc2[nH]1. The number of rotatable bonds is 6. The van der Waals surface area contributed by atoms with Crippen LogP contribution in [-0.4, -0.2) is 36.6 Å². The van der Waals surface area contributed by atoms with Crippen LogP contribution in [0.1, 0.15) is 28.9 Å². The first-order valence-corrected chi connectivity index (χ1v) is 9.61. The number of hydrogen-bond acceptors (Lipinski definition) is 3. The standard InChI is InChI=1S/C22H25N3O2/c26-22(24-14-9-16-5-2-1-3-6-16)20-15-18-19(25-20)7-4-8-21(18)27-17-10-12-23-13-11-17/h1-8,15,17,23,25H,9-14H2,(H,24,26). The van der Waals surface area contributed by atoms with Crippen molar-refractivity contribution < 1.29 is 9.53 Å². The van der Waals surface area contributed by atoms with Crippen molar-refractivity contribution in [3.05, 3.63) is 65.9 Å². The summed E-state index contributed by atoms with van der Waals surface area (Å²) in [6.45, 7) is 2.59. The fourth-order valence-electron chi connectivity index (χ4n) is 3.51. The van der Waals surface area contributed by atoms with Crippen LogP contribution in [0.4, 0.5) is 0 Å². The first-order chi connectivity index (χ1) is 13.3. The summed E-state index contributed by atoms with van der Waals surface area (Å²) in [4.78, 5) is 15.7. The number of hydrogen-bond donors (Lipinski definition) is 3. The average molecular weight is 363 g/mol. The van der Waals surface area contributed by atoms with Gasteiger partial charge in [0.2, 0.25) is 0 Å². The van der Waals surface area contributed by atoms with Crippen LogP contribution in [-0.2, 0) is 6.42 Å². The van der Waals surface area contributed by atoms with Gasteiger partial charge in [-0.15, -0.1) is 0 Å². The van der Waals surface area contributed by atoms with Crippen LogP contribution >= 0.6 is 0 Å². The molecule has 2 heterocycles. The molecular weight excluding hydrogens is 338 g/mol. The largest absolute Gasteiger partial charge is 0.490 e. The molecule has 0 atom stereocenters. The van der Waals surface area contributed by atoms with Crippen molar-refractivity contribution in [1.82, 2.24) is 15.6 Å². The van der Waals surface area contributed by atoms with Crippen molar-refractivity contribution in [3.63, 3.8) is 0 Å². The molecule has 0 saturated carbocycles. The van der Waals surface area contributed by atoms with Crippen molar-refractivity contribution in [2.75, 3.05) is 19.6 Å². The maximum atomic E-state index is 12.5. The zero-order valence-electron chi connectivity index (χ0n) is 15.3. The van der Waals surface area contributed by atoms with Gasteiger partial charge in [-0.2, -0.15) is 0 Å². The number of carbonyl (C=O) groups excluding carboxylic acids is 1. The summed E-state index contributed by atoms with van der Waals surface area (Å²) >= 11 is 0. The third-order valence-corrected chi connectivity index (χ3v) is 4.99. The van der Waals surface area contributed by atoms with E-state index in [0.717, 1.165) is 49.0 Å². The van der Waals surface area contributed by atoms with E-state index in [9.17, 15) is 4.79 Å². The van der Waals surface area contributed by atoms with Crippen LogP contribution in [0, 0.1) is 0 Å². The number of carbonyl (C=O) groups is 1. The number of benzene rings is 2. The summed E-state index contributed by atoms with van der Waals surface area (Å²) in [5.74, 6) is 0.758. The minimum Gasteiger partial charge on any atom is -0.490 e. The van der Waals surface area contributed by atoms with Gasteiger partial charge in [0, 0.05) is 17.4 Å². The van der Waals surface area contributed by atoms with E-state index in [4.69, 9.17) is 4.74 Å². The highest BCUT2D eigenvalue weighted by molar-refractivity contribution is 5.99. The Morgan fingerprint density at radius 3 is 2.70 bits per heavy atom. The molecule has 1 aliphatic rings. The number of aromatic nitrogens is 1. The number of aromatic amines is 1. The molecule has 3 aromatic rings. The molecule has 27 heavy (non-hydrogen) atoms. The topological polar surface area (TPSA) is 66.2 Å². The Morgan fingerprint density at radius 1 is 1.07 bits per heavy atom. The maximum absolute atomic E-state index is 12.5. The predicted octanol–water partition coefficient (Wildman–Crippen LogP) is 3.27. The van der Waals surface area contributed by atoms with Crippen LogP contribution in [0.15, 0.2) is 54.6 Å². The molecule has 0 spiro atoms. The monoisotopic (exact) mass is 363 g/mol. The third-order valence-electron chi connectivity index (χ3n) is 4.99. The van der Waals surface area contributed by atoms with Crippen LogP contribution in [0.2, 0.25) is 0 Å². The lowest BCUT2D eigenvalue weighted by atomic mass is 10.1. The van der Waals surface area contributed by atoms with Gasteiger partial charge in [0.25, 0.3) is 5.91 Å². The molecule has 0 aliphatic carbocycles. The van der Waals surface area contributed by atoms with Crippen LogP contribution in [0.5, 0.6) is 5.75 Å². The third kappa shape index (κ3) is 4.31. The maximum Gasteiger partial charge on any atom is 0.267 e. The van der Waals surface area contributed by atoms with E-state index in [-0.39, 0.29) is 12.0 Å². The summed E-state index contributed by atoms with van der Waals surface area (Å²) in [5, 5.41) is 7.30. The number of fused-ring (bicyclic) bond motifs is 1. The van der Waals surface area contributed by atoms with E-state index < -0.39 is 0 Å². The van der Waals surface area contributed by atoms with E-state index in [0.29, 0.717) is 12.2 Å². The summed E-state index contributed by atoms with van der Waals surface area (Å²) in [5.41, 5.74) is 2.71. The Balaban J connectivity index is 1.42. The fourth-order valence-corrected chi connectivity index (χ4v) is 3.51. The molecule has 0 unspecified atom stereocenters. The van der Waals surface area contributed by atoms with E-state index in [2.05, 4.69) is 27.8 Å². The molecule has 0 radical (unpaired) electrons. The molecule has 2 aromatic carbocycles. The minimum absolute atomic E-state index is 0.0880. The van der Waals surface area contributed by atoms with E-state index in [1.807, 2.05) is 42.5 Å². The molecule has 1 fully saturated rings. The van der Waals surface area contributed by atoms with Crippen molar-refractivity contribution in [2.45, 2.75) is 25.4 Å². The van der Waals surface area contributed by atoms with Gasteiger partial charge in [0.15, 0.2) is 0 Å². The Kier molecular flexibility index (Phi) is 5.39. The Bertz CT molecular complexity index is 898. The number of H-pyrrole nitrogens is 1. The lowest BCUT2D eigenvalue weighted by Crippen LogP contribution is -2.34. The highest BCUT2D eigenvalue weighted by Crippen LogP contribution is 2.28. The molecule has 1 aromatic heterocycles. The summed E-state index contributed by atoms with van der Waals surface area (Å²) in [6, 6.07) is 18.0. The molecule has 3 N–H and O–H groups in total. The van der Waals surface area contributed by atoms with Crippen LogP contribution < -0.4 is 15.4 Å². The van der Waals surface area contributed by atoms with E-state index >= 15 is 0 Å². The van der Waals surface area contributed by atoms with E-state index in [1.165, 1.54) is 5.56 Å². The predicted molar refractivity (Wildman–Crippen MR) is 107 cm³/mol. The Labute approximate surface area is 159 Å². The fraction of sp³-hybridized carbons (Fsp3) is 0.318. The quantitative estimate of drug-likeness (QED) is 0.630. The summed E-state index contributed by atoms with van der Waals surface area (Å²) < 4.78 is 6.21. The molecule has 1 saturated heterocycles. The van der Waals surface area contributed by atoms with Gasteiger partial charge in [-0.05, 0) is 56.1 Å². The highest BCUT2D eigenvalue weighted by atomic mass is 16.5. The zero-order valence-corrected chi connectivity index (χ0v) is 15.3. The Morgan fingerprint density at radius 2 is 1.89 bits per heavy atom. The average Bonchev–Trinajstić information content (AvgIpc) is 3.15. The molecule has 1 amide bonds. The molecular formula is C22H25N3O2. The Hall–Kier alpha value is -2.79. The van der Waals surface area contributed by atoms with Gasteiger partial charge in [0.05, 0.1) is 0 Å². The normalized spacial score (nSPS) is 15.0. The van der Waals surface area contributed by atoms with E-state index in [1.54, 1.807) is 0 Å². The van der Waals surface area contributed by atoms with Gasteiger partial charge in [-0.25, -0.2) is 0 Å². The second kappa shape index (κ2) is 8.27. The number of ether oxygens (including phenoxy) is 1. The molecule has 140 valence electrons. The highest BCUT2D eigenvalue weighted by Gasteiger charge is 2.17. The van der Waals surface area contributed by atoms with Gasteiger partial charge >= 0.3 is 0 Å². The van der Waals surface area contributed by atoms with Crippen molar-refractivity contribution in [2.24, 2.45) is 0 Å². The summed E-state index contributed by atoms with van der Waals surface area (Å²) in [6.07, 6.45) is 3.06. The number of piperidine rings is 1. The lowest BCUT2D eigenvalue weighted by Gasteiger charge is -2.24. The molecule has 5 heteroatoms. The van der Waals surface area contributed by atoms with Crippen molar-refractivity contribution in [3.8, 4) is 5.75 Å². The van der Waals surface area contributed by atoms with Gasteiger partial charge < -0.3 is 20.4 Å². The number of nitrogens with one attached hydrogen (secondary N) is 3.